The van der Waals surface area contributed by atoms with E-state index in [-0.39, 0.29) is 17.6 Å². The molecule has 18 heavy (non-hydrogen) atoms. The van der Waals surface area contributed by atoms with Gasteiger partial charge in [0.05, 0.1) is 6.10 Å². The standard InChI is InChI=1S/C16H24O2/c1-5-16(4)14(17)10-15(16)18-13-8-6-7-12(9-13)11(2)3/h6-9,11,14-15,17H,5,10H2,1-4H3. The molecule has 0 amide bonds. The first-order chi connectivity index (χ1) is 8.47. The topological polar surface area (TPSA) is 29.5 Å². The second-order valence-electron chi connectivity index (χ2n) is 5.94. The van der Waals surface area contributed by atoms with E-state index in [2.05, 4.69) is 39.8 Å². The van der Waals surface area contributed by atoms with Crippen LogP contribution in [-0.4, -0.2) is 17.3 Å². The number of aliphatic hydroxyl groups is 1. The van der Waals surface area contributed by atoms with E-state index in [0.29, 0.717) is 5.92 Å². The SMILES string of the molecule is CCC1(C)C(O)CC1Oc1cccc(C(C)C)c1. The number of hydrogen-bond donors (Lipinski definition) is 1. The lowest BCUT2D eigenvalue weighted by molar-refractivity contribution is -0.147. The van der Waals surface area contributed by atoms with Crippen LogP contribution in [0.2, 0.25) is 0 Å². The van der Waals surface area contributed by atoms with Crippen LogP contribution in [0, 0.1) is 5.41 Å². The van der Waals surface area contributed by atoms with E-state index < -0.39 is 0 Å². The van der Waals surface area contributed by atoms with Gasteiger partial charge in [-0.25, -0.2) is 0 Å². The molecule has 1 fully saturated rings. The van der Waals surface area contributed by atoms with E-state index in [1.807, 2.05) is 12.1 Å². The maximum absolute atomic E-state index is 9.88. The first-order valence-electron chi connectivity index (χ1n) is 6.92. The molecule has 1 saturated carbocycles. The highest BCUT2D eigenvalue weighted by Gasteiger charge is 2.51. The highest BCUT2D eigenvalue weighted by molar-refractivity contribution is 5.31. The molecule has 0 aromatic heterocycles. The van der Waals surface area contributed by atoms with Crippen molar-refractivity contribution in [2.75, 3.05) is 0 Å². The number of aliphatic hydroxyl groups excluding tert-OH is 1. The van der Waals surface area contributed by atoms with Gasteiger partial charge < -0.3 is 9.84 Å². The molecule has 2 heteroatoms. The first-order valence-corrected chi connectivity index (χ1v) is 6.92. The second-order valence-corrected chi connectivity index (χ2v) is 5.94. The van der Waals surface area contributed by atoms with Crippen molar-refractivity contribution < 1.29 is 9.84 Å². The molecule has 0 spiro atoms. The predicted molar refractivity (Wildman–Crippen MR) is 74.0 cm³/mol. The Morgan fingerprint density at radius 1 is 1.44 bits per heavy atom. The molecule has 0 saturated heterocycles. The Balaban J connectivity index is 2.09. The predicted octanol–water partition coefficient (Wildman–Crippen LogP) is 3.74. The second kappa shape index (κ2) is 4.93. The van der Waals surface area contributed by atoms with Gasteiger partial charge in [-0.2, -0.15) is 0 Å². The Labute approximate surface area is 110 Å². The smallest absolute Gasteiger partial charge is 0.120 e. The van der Waals surface area contributed by atoms with Crippen LogP contribution in [0.4, 0.5) is 0 Å². The third-order valence-electron chi connectivity index (χ3n) is 4.50. The minimum Gasteiger partial charge on any atom is -0.490 e. The summed E-state index contributed by atoms with van der Waals surface area (Å²) in [5.41, 5.74) is 1.21. The summed E-state index contributed by atoms with van der Waals surface area (Å²) in [5.74, 6) is 1.44. The van der Waals surface area contributed by atoms with Crippen LogP contribution in [0.15, 0.2) is 24.3 Å². The Bertz CT molecular complexity index is 413. The molecular weight excluding hydrogens is 224 g/mol. The molecule has 3 unspecified atom stereocenters. The summed E-state index contributed by atoms with van der Waals surface area (Å²) in [5, 5.41) is 9.88. The summed E-state index contributed by atoms with van der Waals surface area (Å²) in [6.45, 7) is 8.59. The molecular formula is C16H24O2. The van der Waals surface area contributed by atoms with E-state index in [4.69, 9.17) is 4.74 Å². The van der Waals surface area contributed by atoms with Gasteiger partial charge >= 0.3 is 0 Å². The zero-order chi connectivity index (χ0) is 13.3. The molecule has 0 aliphatic heterocycles. The lowest BCUT2D eigenvalue weighted by Crippen LogP contribution is -2.57. The van der Waals surface area contributed by atoms with E-state index in [1.54, 1.807) is 0 Å². The van der Waals surface area contributed by atoms with Gasteiger partial charge in [0.1, 0.15) is 11.9 Å². The number of benzene rings is 1. The molecule has 3 atom stereocenters. The van der Waals surface area contributed by atoms with Gasteiger partial charge in [-0.05, 0) is 30.0 Å². The highest BCUT2D eigenvalue weighted by atomic mass is 16.5. The van der Waals surface area contributed by atoms with Crippen molar-refractivity contribution >= 4 is 0 Å². The molecule has 1 N–H and O–H groups in total. The average Bonchev–Trinajstić information content (AvgIpc) is 2.37. The summed E-state index contributed by atoms with van der Waals surface area (Å²) < 4.78 is 6.06. The quantitative estimate of drug-likeness (QED) is 0.879. The Morgan fingerprint density at radius 3 is 2.72 bits per heavy atom. The van der Waals surface area contributed by atoms with Crippen LogP contribution >= 0.6 is 0 Å². The number of ether oxygens (including phenoxy) is 1. The zero-order valence-electron chi connectivity index (χ0n) is 11.8. The minimum atomic E-state index is -0.221. The normalized spacial score (nSPS) is 31.2. The van der Waals surface area contributed by atoms with Gasteiger partial charge in [-0.3, -0.25) is 0 Å². The maximum Gasteiger partial charge on any atom is 0.120 e. The van der Waals surface area contributed by atoms with Crippen LogP contribution in [0.5, 0.6) is 5.75 Å². The largest absolute Gasteiger partial charge is 0.490 e. The molecule has 2 rings (SSSR count). The van der Waals surface area contributed by atoms with Crippen LogP contribution in [0.25, 0.3) is 0 Å². The van der Waals surface area contributed by atoms with Crippen molar-refractivity contribution in [3.8, 4) is 5.75 Å². The minimum absolute atomic E-state index is 0.0894. The van der Waals surface area contributed by atoms with Crippen LogP contribution in [0.1, 0.15) is 52.0 Å². The van der Waals surface area contributed by atoms with E-state index in [9.17, 15) is 5.11 Å². The molecule has 0 radical (unpaired) electrons. The van der Waals surface area contributed by atoms with E-state index in [1.165, 1.54) is 5.56 Å². The fourth-order valence-corrected chi connectivity index (χ4v) is 2.55. The van der Waals surface area contributed by atoms with Gasteiger partial charge in [-0.1, -0.05) is 39.8 Å². The fraction of sp³-hybridized carbons (Fsp3) is 0.625. The molecule has 1 aromatic carbocycles. The van der Waals surface area contributed by atoms with Crippen molar-refractivity contribution in [2.45, 2.75) is 58.7 Å². The third-order valence-corrected chi connectivity index (χ3v) is 4.50. The van der Waals surface area contributed by atoms with Crippen molar-refractivity contribution in [1.82, 2.24) is 0 Å². The Hall–Kier alpha value is -1.02. The van der Waals surface area contributed by atoms with Crippen molar-refractivity contribution in [3.63, 3.8) is 0 Å². The molecule has 2 nitrogen and oxygen atoms in total. The van der Waals surface area contributed by atoms with Gasteiger partial charge in [0.15, 0.2) is 0 Å². The molecule has 1 aromatic rings. The summed E-state index contributed by atoms with van der Waals surface area (Å²) >= 11 is 0. The monoisotopic (exact) mass is 248 g/mol. The van der Waals surface area contributed by atoms with Gasteiger partial charge in [0, 0.05) is 11.8 Å². The average molecular weight is 248 g/mol. The van der Waals surface area contributed by atoms with Gasteiger partial charge in [0.2, 0.25) is 0 Å². The molecule has 1 aliphatic rings. The lowest BCUT2D eigenvalue weighted by Gasteiger charge is -2.50. The van der Waals surface area contributed by atoms with Crippen LogP contribution in [0.3, 0.4) is 0 Å². The van der Waals surface area contributed by atoms with Gasteiger partial charge in [0.25, 0.3) is 0 Å². The maximum atomic E-state index is 9.88. The van der Waals surface area contributed by atoms with Gasteiger partial charge in [-0.15, -0.1) is 0 Å². The van der Waals surface area contributed by atoms with E-state index >= 15 is 0 Å². The first kappa shape index (κ1) is 13.4. The molecule has 1 aliphatic carbocycles. The third kappa shape index (κ3) is 2.26. The summed E-state index contributed by atoms with van der Waals surface area (Å²) in [6.07, 6.45) is 1.61. The molecule has 100 valence electrons. The molecule has 0 bridgehead atoms. The Kier molecular flexibility index (Phi) is 3.67. The summed E-state index contributed by atoms with van der Waals surface area (Å²) in [7, 11) is 0. The number of rotatable bonds is 4. The lowest BCUT2D eigenvalue weighted by atomic mass is 9.63. The van der Waals surface area contributed by atoms with Crippen LogP contribution in [-0.2, 0) is 0 Å². The molecule has 0 heterocycles. The summed E-state index contributed by atoms with van der Waals surface area (Å²) in [4.78, 5) is 0. The highest BCUT2D eigenvalue weighted by Crippen LogP contribution is 2.46. The fourth-order valence-electron chi connectivity index (χ4n) is 2.55. The van der Waals surface area contributed by atoms with Crippen LogP contribution < -0.4 is 4.74 Å². The van der Waals surface area contributed by atoms with E-state index in [0.717, 1.165) is 18.6 Å². The van der Waals surface area contributed by atoms with Crippen molar-refractivity contribution in [1.29, 1.82) is 0 Å². The summed E-state index contributed by atoms with van der Waals surface area (Å²) in [6, 6.07) is 8.30. The van der Waals surface area contributed by atoms with Crippen molar-refractivity contribution in [3.05, 3.63) is 29.8 Å². The van der Waals surface area contributed by atoms with Crippen molar-refractivity contribution in [2.24, 2.45) is 5.41 Å². The zero-order valence-corrected chi connectivity index (χ0v) is 11.8. The Morgan fingerprint density at radius 2 is 2.17 bits per heavy atom. The number of hydrogen-bond acceptors (Lipinski definition) is 2.